The maximum atomic E-state index is 6.79. The molecule has 4 aromatic rings. The Morgan fingerprint density at radius 1 is 0.412 bits per heavy atom. The highest BCUT2D eigenvalue weighted by Gasteiger charge is 2.28. The van der Waals surface area contributed by atoms with Crippen molar-refractivity contribution in [2.75, 3.05) is 0 Å². The molecule has 2 atom stereocenters. The van der Waals surface area contributed by atoms with Crippen molar-refractivity contribution in [3.05, 3.63) is 121 Å². The monoisotopic (exact) mass is 486 g/mol. The van der Waals surface area contributed by atoms with Crippen LogP contribution < -0.4 is 21.2 Å². The van der Waals surface area contributed by atoms with E-state index >= 15 is 0 Å². The fraction of sp³-hybridized carbons (Fsp3) is 0.200. The lowest BCUT2D eigenvalue weighted by molar-refractivity contribution is 0.0889. The van der Waals surface area contributed by atoms with Gasteiger partial charge in [-0.1, -0.05) is 128 Å². The van der Waals surface area contributed by atoms with Gasteiger partial charge in [0.05, 0.1) is 28.5 Å². The minimum Gasteiger partial charge on any atom is -0.346 e. The SMILES string of the molecule is CC(OP(c1ccccc1)c1ccccc1)C(C)C(C)OP(c1ccccc1)c1ccccc1. The van der Waals surface area contributed by atoms with Crippen LogP contribution in [0.5, 0.6) is 0 Å². The molecule has 174 valence electrons. The molecule has 0 N–H and O–H groups in total. The number of rotatable bonds is 10. The molecule has 0 fully saturated rings. The molecule has 4 aromatic carbocycles. The Balaban J connectivity index is 1.52. The molecule has 0 saturated heterocycles. The Labute approximate surface area is 206 Å². The van der Waals surface area contributed by atoms with Crippen molar-refractivity contribution < 1.29 is 9.05 Å². The van der Waals surface area contributed by atoms with Crippen molar-refractivity contribution >= 4 is 37.5 Å². The van der Waals surface area contributed by atoms with Gasteiger partial charge < -0.3 is 9.05 Å². The van der Waals surface area contributed by atoms with E-state index in [1.54, 1.807) is 0 Å². The molecule has 0 aromatic heterocycles. The third-order valence-corrected chi connectivity index (χ3v) is 10.1. The van der Waals surface area contributed by atoms with Crippen molar-refractivity contribution in [3.8, 4) is 0 Å². The maximum absolute atomic E-state index is 6.79. The summed E-state index contributed by atoms with van der Waals surface area (Å²) >= 11 is 0. The first-order valence-corrected chi connectivity index (χ1v) is 14.3. The van der Waals surface area contributed by atoms with Gasteiger partial charge in [0.2, 0.25) is 0 Å². The summed E-state index contributed by atoms with van der Waals surface area (Å²) in [6.07, 6.45) is 0.0647. The summed E-state index contributed by atoms with van der Waals surface area (Å²) in [5.41, 5.74) is 0. The van der Waals surface area contributed by atoms with E-state index in [0.29, 0.717) is 0 Å². The standard InChI is InChI=1S/C30H32O2P2/c1-24(25(2)31-33(27-16-8-4-9-17-27)28-18-10-5-11-19-28)26(3)32-34(29-20-12-6-13-21-29)30-22-14-7-15-23-30/h4-26H,1-3H3. The normalized spacial score (nSPS) is 14.1. The molecular formula is C30H32O2P2. The van der Waals surface area contributed by atoms with Crippen molar-refractivity contribution in [2.24, 2.45) is 5.92 Å². The molecule has 4 rings (SSSR count). The topological polar surface area (TPSA) is 18.5 Å². The van der Waals surface area contributed by atoms with Gasteiger partial charge in [0.15, 0.2) is 0 Å². The molecule has 4 heteroatoms. The van der Waals surface area contributed by atoms with Crippen LogP contribution in [0.1, 0.15) is 20.8 Å². The minimum absolute atomic E-state index is 0.0323. The molecule has 0 aliphatic rings. The second-order valence-corrected chi connectivity index (χ2v) is 12.1. The number of hydrogen-bond donors (Lipinski definition) is 0. The van der Waals surface area contributed by atoms with Gasteiger partial charge in [-0.15, -0.1) is 0 Å². The lowest BCUT2D eigenvalue weighted by Gasteiger charge is -2.32. The second-order valence-electron chi connectivity index (χ2n) is 8.41. The molecule has 2 unspecified atom stereocenters. The van der Waals surface area contributed by atoms with Crippen LogP contribution in [0.2, 0.25) is 0 Å². The van der Waals surface area contributed by atoms with Crippen molar-refractivity contribution in [2.45, 2.75) is 33.0 Å². The van der Waals surface area contributed by atoms with Crippen LogP contribution in [-0.4, -0.2) is 12.2 Å². The summed E-state index contributed by atoms with van der Waals surface area (Å²) in [6, 6.07) is 42.3. The summed E-state index contributed by atoms with van der Waals surface area (Å²) in [4.78, 5) is 0. The molecule has 0 amide bonds. The quantitative estimate of drug-likeness (QED) is 0.237. The largest absolute Gasteiger partial charge is 0.346 e. The Morgan fingerprint density at radius 2 is 0.647 bits per heavy atom. The van der Waals surface area contributed by atoms with Crippen LogP contribution in [0.15, 0.2) is 121 Å². The predicted molar refractivity (Wildman–Crippen MR) is 148 cm³/mol. The summed E-state index contributed by atoms with van der Waals surface area (Å²) in [5.74, 6) is 0.217. The van der Waals surface area contributed by atoms with Gasteiger partial charge in [-0.2, -0.15) is 0 Å². The fourth-order valence-corrected chi connectivity index (χ4v) is 7.61. The van der Waals surface area contributed by atoms with Crippen molar-refractivity contribution in [3.63, 3.8) is 0 Å². The molecular weight excluding hydrogens is 454 g/mol. The maximum Gasteiger partial charge on any atom is 0.0921 e. The lowest BCUT2D eigenvalue weighted by Crippen LogP contribution is -2.31. The molecule has 0 spiro atoms. The second kappa shape index (κ2) is 12.4. The first-order valence-electron chi connectivity index (χ1n) is 11.8. The van der Waals surface area contributed by atoms with Crippen molar-refractivity contribution in [1.29, 1.82) is 0 Å². The molecule has 34 heavy (non-hydrogen) atoms. The number of benzene rings is 4. The zero-order valence-electron chi connectivity index (χ0n) is 20.0. The highest BCUT2D eigenvalue weighted by Crippen LogP contribution is 2.41. The molecule has 0 saturated carbocycles. The average molecular weight is 487 g/mol. The van der Waals surface area contributed by atoms with Gasteiger partial charge in [0, 0.05) is 27.1 Å². The highest BCUT2D eigenvalue weighted by molar-refractivity contribution is 7.68. The average Bonchev–Trinajstić information content (AvgIpc) is 2.91. The Hall–Kier alpha value is -2.34. The molecule has 0 aliphatic heterocycles. The van der Waals surface area contributed by atoms with Gasteiger partial charge in [-0.25, -0.2) is 0 Å². The lowest BCUT2D eigenvalue weighted by atomic mass is 10.0. The van der Waals surface area contributed by atoms with Gasteiger partial charge >= 0.3 is 0 Å². The summed E-state index contributed by atoms with van der Waals surface area (Å²) < 4.78 is 13.6. The van der Waals surface area contributed by atoms with E-state index in [0.717, 1.165) is 0 Å². The highest BCUT2D eigenvalue weighted by atomic mass is 31.1. The Bertz CT molecular complexity index is 938. The van der Waals surface area contributed by atoms with Crippen LogP contribution in [0, 0.1) is 5.92 Å². The third-order valence-electron chi connectivity index (χ3n) is 5.99. The van der Waals surface area contributed by atoms with Gasteiger partial charge in [0.1, 0.15) is 0 Å². The molecule has 0 radical (unpaired) electrons. The van der Waals surface area contributed by atoms with Gasteiger partial charge in [0.25, 0.3) is 0 Å². The first-order chi connectivity index (χ1) is 16.6. The van der Waals surface area contributed by atoms with Crippen LogP contribution in [0.4, 0.5) is 0 Å². The van der Waals surface area contributed by atoms with E-state index in [-0.39, 0.29) is 18.1 Å². The van der Waals surface area contributed by atoms with E-state index in [4.69, 9.17) is 9.05 Å². The van der Waals surface area contributed by atoms with E-state index in [9.17, 15) is 0 Å². The van der Waals surface area contributed by atoms with Crippen LogP contribution in [0.25, 0.3) is 0 Å². The first kappa shape index (κ1) is 24.8. The summed E-state index contributed by atoms with van der Waals surface area (Å²) in [7, 11) is -1.81. The smallest absolute Gasteiger partial charge is 0.0921 e. The van der Waals surface area contributed by atoms with E-state index in [2.05, 4.69) is 142 Å². The van der Waals surface area contributed by atoms with Gasteiger partial charge in [-0.3, -0.25) is 0 Å². The van der Waals surface area contributed by atoms with E-state index < -0.39 is 16.3 Å². The Morgan fingerprint density at radius 3 is 0.882 bits per heavy atom. The van der Waals surface area contributed by atoms with Crippen LogP contribution >= 0.6 is 16.3 Å². The molecule has 0 aliphatic carbocycles. The van der Waals surface area contributed by atoms with E-state index in [1.165, 1.54) is 21.2 Å². The number of hydrogen-bond acceptors (Lipinski definition) is 2. The third kappa shape index (κ3) is 6.41. The Kier molecular flexibility index (Phi) is 9.03. The van der Waals surface area contributed by atoms with Gasteiger partial charge in [-0.05, 0) is 13.8 Å². The van der Waals surface area contributed by atoms with E-state index in [1.807, 2.05) is 0 Å². The zero-order chi connectivity index (χ0) is 23.8. The van der Waals surface area contributed by atoms with Crippen LogP contribution in [0.3, 0.4) is 0 Å². The predicted octanol–water partition coefficient (Wildman–Crippen LogP) is 6.53. The molecule has 2 nitrogen and oxygen atoms in total. The van der Waals surface area contributed by atoms with Crippen LogP contribution in [-0.2, 0) is 9.05 Å². The van der Waals surface area contributed by atoms with Crippen molar-refractivity contribution in [1.82, 2.24) is 0 Å². The molecule has 0 bridgehead atoms. The zero-order valence-corrected chi connectivity index (χ0v) is 21.8. The minimum atomic E-state index is -0.906. The summed E-state index contributed by atoms with van der Waals surface area (Å²) in [5, 5.41) is 4.92. The summed E-state index contributed by atoms with van der Waals surface area (Å²) in [6.45, 7) is 6.60. The molecule has 0 heterocycles. The fourth-order valence-electron chi connectivity index (χ4n) is 3.70.